The third-order valence-corrected chi connectivity index (χ3v) is 7.16. The molecule has 9 heteroatoms. The first-order chi connectivity index (χ1) is 16.7. The molecule has 1 aliphatic heterocycles. The smallest absolute Gasteiger partial charge is 0.270 e. The Hall–Kier alpha value is -2.84. The van der Waals surface area contributed by atoms with Crippen molar-refractivity contribution in [3.8, 4) is 5.75 Å². The molecule has 0 aliphatic carbocycles. The predicted octanol–water partition coefficient (Wildman–Crippen LogP) is 7.03. The van der Waals surface area contributed by atoms with Gasteiger partial charge in [0.2, 0.25) is 0 Å². The number of aryl methyl sites for hydroxylation is 2. The van der Waals surface area contributed by atoms with E-state index in [-0.39, 0.29) is 18.4 Å². The molecule has 3 aromatic rings. The van der Waals surface area contributed by atoms with Crippen LogP contribution in [0.25, 0.3) is 6.08 Å². The fraction of sp³-hybridized carbons (Fsp3) is 0.115. The number of hydrogen-bond donors (Lipinski definition) is 1. The Morgan fingerprint density at radius 2 is 1.80 bits per heavy atom. The summed E-state index contributed by atoms with van der Waals surface area (Å²) in [5, 5.41) is 3.66. The van der Waals surface area contributed by atoms with Crippen LogP contribution in [0.5, 0.6) is 5.75 Å². The first-order valence-corrected chi connectivity index (χ1v) is 12.5. The first-order valence-electron chi connectivity index (χ1n) is 10.5. The highest BCUT2D eigenvalue weighted by atomic mass is 35.5. The molecule has 1 N–H and O–H groups in total. The second-order valence-electron chi connectivity index (χ2n) is 7.84. The molecule has 0 radical (unpaired) electrons. The molecule has 1 saturated heterocycles. The summed E-state index contributed by atoms with van der Waals surface area (Å²) in [6.45, 7) is 3.68. The summed E-state index contributed by atoms with van der Waals surface area (Å²) in [7, 11) is 0. The lowest BCUT2D eigenvalue weighted by Crippen LogP contribution is -2.27. The number of anilines is 2. The molecular formula is C26H20Cl2N2O3S2. The molecule has 0 atom stereocenters. The molecular weight excluding hydrogens is 523 g/mol. The van der Waals surface area contributed by atoms with Gasteiger partial charge in [0.1, 0.15) is 5.75 Å². The fourth-order valence-electron chi connectivity index (χ4n) is 3.26. The molecule has 0 aromatic heterocycles. The summed E-state index contributed by atoms with van der Waals surface area (Å²) < 4.78 is 6.00. The zero-order valence-corrected chi connectivity index (χ0v) is 21.9. The van der Waals surface area contributed by atoms with Crippen molar-refractivity contribution >= 4 is 80.8 Å². The maximum Gasteiger partial charge on any atom is 0.270 e. The molecule has 178 valence electrons. The molecule has 0 bridgehead atoms. The van der Waals surface area contributed by atoms with E-state index >= 15 is 0 Å². The molecule has 35 heavy (non-hydrogen) atoms. The lowest BCUT2D eigenvalue weighted by Gasteiger charge is -2.15. The number of carbonyl (C=O) groups is 2. The summed E-state index contributed by atoms with van der Waals surface area (Å²) in [6.07, 6.45) is 1.72. The van der Waals surface area contributed by atoms with Crippen LogP contribution in [0, 0.1) is 13.8 Å². The molecule has 0 saturated carbocycles. The number of amides is 2. The van der Waals surface area contributed by atoms with Gasteiger partial charge in [-0.25, -0.2) is 0 Å². The summed E-state index contributed by atoms with van der Waals surface area (Å²) in [5.74, 6) is -0.164. The molecule has 1 fully saturated rings. The van der Waals surface area contributed by atoms with Crippen molar-refractivity contribution in [1.29, 1.82) is 0 Å². The van der Waals surface area contributed by atoms with E-state index in [1.165, 1.54) is 16.7 Å². The quantitative estimate of drug-likeness (QED) is 0.267. The van der Waals surface area contributed by atoms with Gasteiger partial charge in [-0.05, 0) is 67.4 Å². The summed E-state index contributed by atoms with van der Waals surface area (Å²) in [5.41, 5.74) is 4.04. The van der Waals surface area contributed by atoms with E-state index < -0.39 is 0 Å². The van der Waals surface area contributed by atoms with E-state index in [0.29, 0.717) is 42.0 Å². The van der Waals surface area contributed by atoms with Gasteiger partial charge in [-0.1, -0.05) is 77.0 Å². The number of nitrogens with zero attached hydrogens (tertiary/aromatic N) is 1. The molecule has 2 amide bonds. The van der Waals surface area contributed by atoms with E-state index in [4.69, 9.17) is 40.2 Å². The number of rotatable bonds is 6. The predicted molar refractivity (Wildman–Crippen MR) is 149 cm³/mol. The highest BCUT2D eigenvalue weighted by molar-refractivity contribution is 8.27. The van der Waals surface area contributed by atoms with Crippen LogP contribution in [0.4, 0.5) is 11.4 Å². The average Bonchev–Trinajstić information content (AvgIpc) is 3.09. The fourth-order valence-corrected chi connectivity index (χ4v) is 4.98. The van der Waals surface area contributed by atoms with Crippen molar-refractivity contribution in [2.75, 3.05) is 16.8 Å². The van der Waals surface area contributed by atoms with Gasteiger partial charge >= 0.3 is 0 Å². The van der Waals surface area contributed by atoms with Gasteiger partial charge in [-0.15, -0.1) is 0 Å². The maximum absolute atomic E-state index is 13.0. The van der Waals surface area contributed by atoms with Crippen LogP contribution in [0.3, 0.4) is 0 Å². The lowest BCUT2D eigenvalue weighted by molar-refractivity contribution is -0.118. The largest absolute Gasteiger partial charge is 0.482 e. The first kappa shape index (κ1) is 25.3. The lowest BCUT2D eigenvalue weighted by atomic mass is 10.2. The van der Waals surface area contributed by atoms with Gasteiger partial charge in [0.05, 0.1) is 15.6 Å². The van der Waals surface area contributed by atoms with Crippen molar-refractivity contribution in [3.63, 3.8) is 0 Å². The zero-order chi connectivity index (χ0) is 25.1. The van der Waals surface area contributed by atoms with Gasteiger partial charge in [0, 0.05) is 10.7 Å². The van der Waals surface area contributed by atoms with Crippen LogP contribution in [-0.4, -0.2) is 22.7 Å². The number of ether oxygens (including phenoxy) is 1. The van der Waals surface area contributed by atoms with Crippen LogP contribution < -0.4 is 15.0 Å². The minimum absolute atomic E-state index is 0.190. The Bertz CT molecular complexity index is 1360. The number of nitrogens with one attached hydrogen (secondary N) is 1. The van der Waals surface area contributed by atoms with Crippen LogP contribution in [-0.2, 0) is 9.59 Å². The highest BCUT2D eigenvalue weighted by Gasteiger charge is 2.33. The number of carbonyl (C=O) groups excluding carboxylic acids is 2. The summed E-state index contributed by atoms with van der Waals surface area (Å²) >= 11 is 19.2. The monoisotopic (exact) mass is 542 g/mol. The van der Waals surface area contributed by atoms with Crippen molar-refractivity contribution in [3.05, 3.63) is 92.3 Å². The van der Waals surface area contributed by atoms with Crippen molar-refractivity contribution in [2.24, 2.45) is 0 Å². The van der Waals surface area contributed by atoms with Gasteiger partial charge in [-0.2, -0.15) is 0 Å². The average molecular weight is 543 g/mol. The number of thiocarbonyl (C=S) groups is 1. The molecule has 1 aliphatic rings. The third-order valence-electron chi connectivity index (χ3n) is 5.16. The number of benzene rings is 3. The maximum atomic E-state index is 13.0. The van der Waals surface area contributed by atoms with Gasteiger partial charge in [-0.3, -0.25) is 14.5 Å². The van der Waals surface area contributed by atoms with E-state index in [1.807, 2.05) is 50.2 Å². The van der Waals surface area contributed by atoms with Crippen molar-refractivity contribution < 1.29 is 14.3 Å². The topological polar surface area (TPSA) is 58.6 Å². The van der Waals surface area contributed by atoms with Gasteiger partial charge in [0.15, 0.2) is 10.9 Å². The Kier molecular flexibility index (Phi) is 7.82. The zero-order valence-electron chi connectivity index (χ0n) is 18.8. The van der Waals surface area contributed by atoms with Crippen molar-refractivity contribution in [2.45, 2.75) is 13.8 Å². The van der Waals surface area contributed by atoms with Crippen molar-refractivity contribution in [1.82, 2.24) is 0 Å². The Morgan fingerprint density at radius 3 is 2.49 bits per heavy atom. The van der Waals surface area contributed by atoms with E-state index in [2.05, 4.69) is 5.32 Å². The molecule has 0 unspecified atom stereocenters. The SMILES string of the molecule is Cc1ccc(NC(=O)COc2ccc(/C=C3\SC(=S)N(c4ccc(C)c(Cl)c4)C3=O)cc2Cl)cc1. The highest BCUT2D eigenvalue weighted by Crippen LogP contribution is 2.38. The van der Waals surface area contributed by atoms with E-state index in [9.17, 15) is 9.59 Å². The number of thioether (sulfide) groups is 1. The summed E-state index contributed by atoms with van der Waals surface area (Å²) in [6, 6.07) is 17.9. The molecule has 1 heterocycles. The molecule has 3 aromatic carbocycles. The minimum atomic E-state index is -0.297. The Balaban J connectivity index is 1.42. The van der Waals surface area contributed by atoms with E-state index in [1.54, 1.807) is 30.3 Å². The molecule has 0 spiro atoms. The van der Waals surface area contributed by atoms with Crippen LogP contribution in [0.1, 0.15) is 16.7 Å². The second kappa shape index (κ2) is 10.8. The normalized spacial score (nSPS) is 14.5. The standard InChI is InChI=1S/C26H20Cl2N2O3S2/c1-15-3-7-18(8-4-15)29-24(31)14-33-22-10-6-17(11-21(22)28)12-23-25(32)30(26(34)35-23)19-9-5-16(2)20(27)13-19/h3-13H,14H2,1-2H3,(H,29,31)/b23-12-. The van der Waals surface area contributed by atoms with Gasteiger partial charge in [0.25, 0.3) is 11.8 Å². The summed E-state index contributed by atoms with van der Waals surface area (Å²) in [4.78, 5) is 27.1. The number of halogens is 2. The minimum Gasteiger partial charge on any atom is -0.482 e. The van der Waals surface area contributed by atoms with Crippen LogP contribution in [0.2, 0.25) is 10.0 Å². The van der Waals surface area contributed by atoms with Crippen LogP contribution in [0.15, 0.2) is 65.6 Å². The Labute approximate surface area is 223 Å². The third kappa shape index (κ3) is 6.05. The van der Waals surface area contributed by atoms with Crippen LogP contribution >= 0.6 is 47.2 Å². The Morgan fingerprint density at radius 1 is 1.06 bits per heavy atom. The molecule has 4 rings (SSSR count). The second-order valence-corrected chi connectivity index (χ2v) is 10.3. The van der Waals surface area contributed by atoms with Gasteiger partial charge < -0.3 is 10.1 Å². The number of hydrogen-bond acceptors (Lipinski definition) is 5. The molecule has 5 nitrogen and oxygen atoms in total. The van der Waals surface area contributed by atoms with E-state index in [0.717, 1.165) is 11.1 Å².